The predicted molar refractivity (Wildman–Crippen MR) is 105 cm³/mol. The number of carbonyl (C=O) groups excluding carboxylic acids is 1. The van der Waals surface area contributed by atoms with Crippen LogP contribution in [0.5, 0.6) is 5.75 Å². The molecule has 0 saturated heterocycles. The summed E-state index contributed by atoms with van der Waals surface area (Å²) in [7, 11) is 0. The molecule has 0 aliphatic rings. The molecule has 0 fully saturated rings. The summed E-state index contributed by atoms with van der Waals surface area (Å²) < 4.78 is 5.74. The van der Waals surface area contributed by atoms with Crippen LogP contribution < -0.4 is 10.1 Å². The first-order valence-electron chi connectivity index (χ1n) is 8.79. The summed E-state index contributed by atoms with van der Waals surface area (Å²) in [5.74, 6) is -0.870. The van der Waals surface area contributed by atoms with Gasteiger partial charge in [-0.1, -0.05) is 36.4 Å². The Hall–Kier alpha value is -3.67. The van der Waals surface area contributed by atoms with E-state index < -0.39 is 17.9 Å². The molecule has 0 spiro atoms. The third kappa shape index (κ3) is 4.73. The van der Waals surface area contributed by atoms with Crippen molar-refractivity contribution >= 4 is 11.9 Å². The van der Waals surface area contributed by atoms with Gasteiger partial charge in [0.2, 0.25) is 0 Å². The van der Waals surface area contributed by atoms with E-state index in [4.69, 9.17) is 9.84 Å². The summed E-state index contributed by atoms with van der Waals surface area (Å²) in [5.41, 5.74) is 2.86. The monoisotopic (exact) mass is 376 g/mol. The highest BCUT2D eigenvalue weighted by Crippen LogP contribution is 2.26. The third-order valence-corrected chi connectivity index (χ3v) is 4.17. The van der Waals surface area contributed by atoms with Crippen molar-refractivity contribution in [2.75, 3.05) is 0 Å². The predicted octanol–water partition coefficient (Wildman–Crippen LogP) is 3.53. The summed E-state index contributed by atoms with van der Waals surface area (Å²) in [5, 5.41) is 11.6. The van der Waals surface area contributed by atoms with Gasteiger partial charge in [0.05, 0.1) is 6.20 Å². The Morgan fingerprint density at radius 3 is 2.57 bits per heavy atom. The highest BCUT2D eigenvalue weighted by Gasteiger charge is 2.19. The molecule has 2 aromatic carbocycles. The number of nitrogens with zero attached hydrogens (tertiary/aromatic N) is 1. The first-order chi connectivity index (χ1) is 13.5. The molecular formula is C22H20N2O4. The number of amides is 1. The van der Waals surface area contributed by atoms with E-state index in [0.717, 1.165) is 11.1 Å². The standard InChI is InChI=1S/C22H20N2O4/c1-15(22(26)27)24-21(25)19-10-9-16(14-28-18-8-5-11-23-13-18)12-20(19)17-6-3-2-4-7-17/h2-13,15H,14H2,1H3,(H,24,25)(H,26,27)/t15-/m0/s1. The number of aromatic nitrogens is 1. The van der Waals surface area contributed by atoms with Gasteiger partial charge < -0.3 is 15.2 Å². The molecule has 0 bridgehead atoms. The number of rotatable bonds is 7. The minimum absolute atomic E-state index is 0.318. The van der Waals surface area contributed by atoms with Crippen LogP contribution >= 0.6 is 0 Å². The van der Waals surface area contributed by atoms with Crippen LogP contribution in [0.2, 0.25) is 0 Å². The molecule has 0 aliphatic carbocycles. The summed E-state index contributed by atoms with van der Waals surface area (Å²) >= 11 is 0. The van der Waals surface area contributed by atoms with Crippen molar-refractivity contribution in [2.45, 2.75) is 19.6 Å². The molecule has 142 valence electrons. The van der Waals surface area contributed by atoms with Gasteiger partial charge in [-0.25, -0.2) is 0 Å². The molecule has 1 atom stereocenters. The number of nitrogens with one attached hydrogen (secondary N) is 1. The molecule has 0 unspecified atom stereocenters. The molecular weight excluding hydrogens is 356 g/mol. The van der Waals surface area contributed by atoms with Crippen LogP contribution in [0.25, 0.3) is 11.1 Å². The van der Waals surface area contributed by atoms with E-state index in [0.29, 0.717) is 23.5 Å². The van der Waals surface area contributed by atoms with Gasteiger partial charge in [-0.05, 0) is 47.9 Å². The molecule has 6 nitrogen and oxygen atoms in total. The van der Waals surface area contributed by atoms with Gasteiger partial charge >= 0.3 is 5.97 Å². The second kappa shape index (κ2) is 8.81. The lowest BCUT2D eigenvalue weighted by molar-refractivity contribution is -0.138. The van der Waals surface area contributed by atoms with Crippen LogP contribution in [0.3, 0.4) is 0 Å². The van der Waals surface area contributed by atoms with E-state index in [1.165, 1.54) is 6.92 Å². The van der Waals surface area contributed by atoms with Crippen LogP contribution in [-0.2, 0) is 11.4 Å². The van der Waals surface area contributed by atoms with E-state index in [-0.39, 0.29) is 0 Å². The van der Waals surface area contributed by atoms with Crippen molar-refractivity contribution in [2.24, 2.45) is 0 Å². The molecule has 28 heavy (non-hydrogen) atoms. The maximum Gasteiger partial charge on any atom is 0.325 e. The molecule has 0 aliphatic heterocycles. The molecule has 0 saturated carbocycles. The molecule has 3 rings (SSSR count). The van der Waals surface area contributed by atoms with Crippen molar-refractivity contribution in [3.05, 3.63) is 84.2 Å². The Morgan fingerprint density at radius 1 is 1.11 bits per heavy atom. The molecule has 1 aromatic heterocycles. The zero-order valence-corrected chi connectivity index (χ0v) is 15.3. The number of pyridine rings is 1. The Bertz CT molecular complexity index is 959. The number of carbonyl (C=O) groups is 2. The van der Waals surface area contributed by atoms with Gasteiger partial charge in [-0.3, -0.25) is 14.6 Å². The molecule has 3 aromatic rings. The molecule has 1 heterocycles. The minimum Gasteiger partial charge on any atom is -0.487 e. The molecule has 6 heteroatoms. The van der Waals surface area contributed by atoms with Gasteiger partial charge in [-0.15, -0.1) is 0 Å². The Balaban J connectivity index is 1.89. The van der Waals surface area contributed by atoms with Crippen LogP contribution in [0.15, 0.2) is 73.1 Å². The second-order valence-electron chi connectivity index (χ2n) is 6.26. The first kappa shape index (κ1) is 19.1. The Kier molecular flexibility index (Phi) is 6.01. The van der Waals surface area contributed by atoms with Gasteiger partial charge in [0, 0.05) is 11.8 Å². The van der Waals surface area contributed by atoms with E-state index in [2.05, 4.69) is 10.3 Å². The number of hydrogen-bond donors (Lipinski definition) is 2. The number of aliphatic carboxylic acids is 1. The molecule has 1 amide bonds. The van der Waals surface area contributed by atoms with Crippen molar-refractivity contribution < 1.29 is 19.4 Å². The summed E-state index contributed by atoms with van der Waals surface area (Å²) in [6.45, 7) is 1.75. The quantitative estimate of drug-likeness (QED) is 0.659. The van der Waals surface area contributed by atoms with Crippen molar-refractivity contribution in [3.63, 3.8) is 0 Å². The SMILES string of the molecule is C[C@H](NC(=O)c1ccc(COc2cccnc2)cc1-c1ccccc1)C(=O)O. The van der Waals surface area contributed by atoms with E-state index in [9.17, 15) is 9.59 Å². The molecule has 2 N–H and O–H groups in total. The first-order valence-corrected chi connectivity index (χ1v) is 8.79. The maximum absolute atomic E-state index is 12.6. The van der Waals surface area contributed by atoms with Gasteiger partial charge in [0.25, 0.3) is 5.91 Å². The normalized spacial score (nSPS) is 11.5. The lowest BCUT2D eigenvalue weighted by Gasteiger charge is -2.15. The second-order valence-corrected chi connectivity index (χ2v) is 6.26. The van der Waals surface area contributed by atoms with Crippen LogP contribution in [0.4, 0.5) is 0 Å². The van der Waals surface area contributed by atoms with Crippen molar-refractivity contribution in [1.29, 1.82) is 0 Å². The fourth-order valence-corrected chi connectivity index (χ4v) is 2.67. The van der Waals surface area contributed by atoms with Gasteiger partial charge in [0.1, 0.15) is 18.4 Å². The average Bonchev–Trinajstić information content (AvgIpc) is 2.73. The summed E-state index contributed by atoms with van der Waals surface area (Å²) in [6.07, 6.45) is 3.30. The number of carboxylic acid groups (broad SMARTS) is 1. The number of benzene rings is 2. The van der Waals surface area contributed by atoms with E-state index in [1.54, 1.807) is 30.6 Å². The van der Waals surface area contributed by atoms with Crippen LogP contribution in [-0.4, -0.2) is 28.0 Å². The lowest BCUT2D eigenvalue weighted by Crippen LogP contribution is -2.38. The average molecular weight is 376 g/mol. The molecule has 0 radical (unpaired) electrons. The van der Waals surface area contributed by atoms with E-state index >= 15 is 0 Å². The maximum atomic E-state index is 12.6. The van der Waals surface area contributed by atoms with Crippen molar-refractivity contribution in [1.82, 2.24) is 10.3 Å². The van der Waals surface area contributed by atoms with Gasteiger partial charge in [-0.2, -0.15) is 0 Å². The minimum atomic E-state index is -1.09. The summed E-state index contributed by atoms with van der Waals surface area (Å²) in [6, 6.07) is 17.5. The fraction of sp³-hybridized carbons (Fsp3) is 0.136. The topological polar surface area (TPSA) is 88.5 Å². The highest BCUT2D eigenvalue weighted by molar-refractivity contribution is 6.02. The van der Waals surface area contributed by atoms with Crippen molar-refractivity contribution in [3.8, 4) is 16.9 Å². The smallest absolute Gasteiger partial charge is 0.325 e. The zero-order chi connectivity index (χ0) is 19.9. The number of carboxylic acids is 1. The van der Waals surface area contributed by atoms with E-state index in [1.807, 2.05) is 42.5 Å². The zero-order valence-electron chi connectivity index (χ0n) is 15.3. The largest absolute Gasteiger partial charge is 0.487 e. The third-order valence-electron chi connectivity index (χ3n) is 4.17. The summed E-state index contributed by atoms with van der Waals surface area (Å²) in [4.78, 5) is 27.7. The van der Waals surface area contributed by atoms with Crippen LogP contribution in [0, 0.1) is 0 Å². The number of ether oxygens (including phenoxy) is 1. The van der Waals surface area contributed by atoms with Gasteiger partial charge in [0.15, 0.2) is 0 Å². The highest BCUT2D eigenvalue weighted by atomic mass is 16.5. The number of hydrogen-bond acceptors (Lipinski definition) is 4. The Labute approximate surface area is 162 Å². The lowest BCUT2D eigenvalue weighted by atomic mass is 9.96. The Morgan fingerprint density at radius 2 is 1.89 bits per heavy atom. The van der Waals surface area contributed by atoms with Crippen LogP contribution in [0.1, 0.15) is 22.8 Å². The fourth-order valence-electron chi connectivity index (χ4n) is 2.67.